The number of unbranched alkanes of at least 4 members (excludes halogenated alkanes) is 2. The second kappa shape index (κ2) is 4.60. The largest absolute Gasteiger partial charge is 0.427 e. The molecule has 1 atom stereocenters. The Bertz CT molecular complexity index is 229. The molecule has 80 valence electrons. The van der Waals surface area contributed by atoms with Crippen LogP contribution in [0.1, 0.15) is 39.5 Å². The van der Waals surface area contributed by atoms with E-state index in [9.17, 15) is 4.79 Å². The molecule has 0 radical (unpaired) electrons. The summed E-state index contributed by atoms with van der Waals surface area (Å²) < 4.78 is 10.4. The highest BCUT2D eigenvalue weighted by molar-refractivity contribution is 5.87. The van der Waals surface area contributed by atoms with E-state index in [1.807, 2.05) is 0 Å². The second-order valence-corrected chi connectivity index (χ2v) is 3.83. The average molecular weight is 198 g/mol. The normalized spacial score (nSPS) is 24.4. The molecule has 1 aliphatic rings. The van der Waals surface area contributed by atoms with Gasteiger partial charge in [-0.3, -0.25) is 0 Å². The van der Waals surface area contributed by atoms with Crippen molar-refractivity contribution in [3.8, 4) is 0 Å². The van der Waals surface area contributed by atoms with Gasteiger partial charge in [-0.1, -0.05) is 26.3 Å². The van der Waals surface area contributed by atoms with Gasteiger partial charge in [-0.05, 0) is 13.3 Å². The predicted molar refractivity (Wildman–Crippen MR) is 53.7 cm³/mol. The molecule has 14 heavy (non-hydrogen) atoms. The van der Waals surface area contributed by atoms with Crippen LogP contribution in [0.15, 0.2) is 12.2 Å². The number of carbonyl (C=O) groups excluding carboxylic acids is 1. The summed E-state index contributed by atoms with van der Waals surface area (Å²) in [6.07, 6.45) is 4.15. The van der Waals surface area contributed by atoms with E-state index in [-0.39, 0.29) is 5.97 Å². The van der Waals surface area contributed by atoms with E-state index in [0.717, 1.165) is 25.7 Å². The van der Waals surface area contributed by atoms with Crippen LogP contribution in [0.25, 0.3) is 0 Å². The summed E-state index contributed by atoms with van der Waals surface area (Å²) in [4.78, 5) is 11.2. The zero-order valence-electron chi connectivity index (χ0n) is 8.97. The van der Waals surface area contributed by atoms with E-state index in [0.29, 0.717) is 12.2 Å². The van der Waals surface area contributed by atoms with Gasteiger partial charge in [-0.25, -0.2) is 4.79 Å². The van der Waals surface area contributed by atoms with Crippen molar-refractivity contribution in [1.82, 2.24) is 0 Å². The van der Waals surface area contributed by atoms with Crippen LogP contribution >= 0.6 is 0 Å². The monoisotopic (exact) mass is 198 g/mol. The summed E-state index contributed by atoms with van der Waals surface area (Å²) in [6.45, 7) is 7.85. The van der Waals surface area contributed by atoms with Gasteiger partial charge in [0.2, 0.25) is 5.79 Å². The first-order valence-corrected chi connectivity index (χ1v) is 5.12. The van der Waals surface area contributed by atoms with Crippen molar-refractivity contribution in [3.63, 3.8) is 0 Å². The third-order valence-corrected chi connectivity index (χ3v) is 2.25. The molecule has 3 heteroatoms. The minimum atomic E-state index is -0.606. The van der Waals surface area contributed by atoms with Crippen LogP contribution in [-0.4, -0.2) is 18.4 Å². The van der Waals surface area contributed by atoms with Gasteiger partial charge >= 0.3 is 5.97 Å². The number of carbonyl (C=O) groups is 1. The minimum absolute atomic E-state index is 0.348. The lowest BCUT2D eigenvalue weighted by Crippen LogP contribution is -2.21. The first kappa shape index (κ1) is 11.2. The quantitative estimate of drug-likeness (QED) is 0.285. The molecule has 0 spiro atoms. The SMILES string of the molecule is C=C(C)C(=O)OC1(CCCCC)CO1. The zero-order chi connectivity index (χ0) is 10.6. The number of esters is 1. The molecule has 1 fully saturated rings. The summed E-state index contributed by atoms with van der Waals surface area (Å²) in [5, 5.41) is 0. The van der Waals surface area contributed by atoms with E-state index in [4.69, 9.17) is 9.47 Å². The molecule has 1 saturated heterocycles. The van der Waals surface area contributed by atoms with Crippen LogP contribution in [0.2, 0.25) is 0 Å². The zero-order valence-corrected chi connectivity index (χ0v) is 8.97. The van der Waals surface area contributed by atoms with E-state index in [2.05, 4.69) is 13.5 Å². The fourth-order valence-corrected chi connectivity index (χ4v) is 1.24. The molecule has 3 nitrogen and oxygen atoms in total. The molecule has 0 saturated carbocycles. The van der Waals surface area contributed by atoms with Crippen molar-refractivity contribution >= 4 is 5.97 Å². The molecule has 0 aliphatic carbocycles. The Balaban J connectivity index is 2.28. The van der Waals surface area contributed by atoms with Gasteiger partial charge in [-0.2, -0.15) is 0 Å². The molecule has 1 heterocycles. The molecule has 0 aromatic heterocycles. The summed E-state index contributed by atoms with van der Waals surface area (Å²) in [7, 11) is 0. The fraction of sp³-hybridized carbons (Fsp3) is 0.727. The molecule has 0 bridgehead atoms. The highest BCUT2D eigenvalue weighted by Crippen LogP contribution is 2.34. The van der Waals surface area contributed by atoms with Crippen LogP contribution < -0.4 is 0 Å². The smallest absolute Gasteiger partial charge is 0.335 e. The van der Waals surface area contributed by atoms with Gasteiger partial charge in [0.1, 0.15) is 6.61 Å². The Morgan fingerprint density at radius 3 is 2.64 bits per heavy atom. The Hall–Kier alpha value is -0.830. The van der Waals surface area contributed by atoms with Crippen molar-refractivity contribution in [2.45, 2.75) is 45.3 Å². The lowest BCUT2D eigenvalue weighted by molar-refractivity contribution is -0.154. The van der Waals surface area contributed by atoms with E-state index < -0.39 is 5.79 Å². The topological polar surface area (TPSA) is 38.8 Å². The van der Waals surface area contributed by atoms with Crippen LogP contribution in [0.5, 0.6) is 0 Å². The highest BCUT2D eigenvalue weighted by atomic mass is 16.8. The third kappa shape index (κ3) is 3.14. The highest BCUT2D eigenvalue weighted by Gasteiger charge is 2.48. The van der Waals surface area contributed by atoms with Crippen LogP contribution in [-0.2, 0) is 14.3 Å². The second-order valence-electron chi connectivity index (χ2n) is 3.83. The molecule has 0 aromatic carbocycles. The summed E-state index contributed by atoms with van der Waals surface area (Å²) in [5.74, 6) is -0.954. The third-order valence-electron chi connectivity index (χ3n) is 2.25. The lowest BCUT2D eigenvalue weighted by atomic mass is 10.1. The maximum absolute atomic E-state index is 11.2. The summed E-state index contributed by atoms with van der Waals surface area (Å²) in [6, 6.07) is 0. The number of epoxide rings is 1. The molecule has 0 N–H and O–H groups in total. The maximum Gasteiger partial charge on any atom is 0.335 e. The Kier molecular flexibility index (Phi) is 3.69. The number of ether oxygens (including phenoxy) is 2. The molecule has 1 rings (SSSR count). The summed E-state index contributed by atoms with van der Waals surface area (Å²) in [5.41, 5.74) is 0.426. The lowest BCUT2D eigenvalue weighted by Gasteiger charge is -2.12. The predicted octanol–water partition coefficient (Wildman–Crippen LogP) is 2.41. The number of rotatable bonds is 6. The molecule has 1 unspecified atom stereocenters. The molecular weight excluding hydrogens is 180 g/mol. The fourth-order valence-electron chi connectivity index (χ4n) is 1.24. The Morgan fingerprint density at radius 1 is 1.57 bits per heavy atom. The molecule has 1 aliphatic heterocycles. The molecule has 0 amide bonds. The van der Waals surface area contributed by atoms with Gasteiger partial charge in [-0.15, -0.1) is 0 Å². The number of hydrogen-bond acceptors (Lipinski definition) is 3. The van der Waals surface area contributed by atoms with Crippen molar-refractivity contribution < 1.29 is 14.3 Å². The van der Waals surface area contributed by atoms with Gasteiger partial charge in [0, 0.05) is 12.0 Å². The first-order valence-electron chi connectivity index (χ1n) is 5.12. The van der Waals surface area contributed by atoms with Crippen LogP contribution in [0.3, 0.4) is 0 Å². The van der Waals surface area contributed by atoms with Crippen molar-refractivity contribution in [1.29, 1.82) is 0 Å². The standard InChI is InChI=1S/C11H18O3/c1-4-5-6-7-11(8-13-11)14-10(12)9(2)3/h2,4-8H2,1,3H3. The van der Waals surface area contributed by atoms with Crippen molar-refractivity contribution in [2.75, 3.05) is 6.61 Å². The maximum atomic E-state index is 11.2. The Morgan fingerprint density at radius 2 is 2.21 bits per heavy atom. The van der Waals surface area contributed by atoms with Gasteiger partial charge in [0.15, 0.2) is 0 Å². The summed E-state index contributed by atoms with van der Waals surface area (Å²) >= 11 is 0. The van der Waals surface area contributed by atoms with E-state index in [1.54, 1.807) is 6.92 Å². The van der Waals surface area contributed by atoms with Gasteiger partial charge < -0.3 is 9.47 Å². The minimum Gasteiger partial charge on any atom is -0.427 e. The van der Waals surface area contributed by atoms with Crippen LogP contribution in [0, 0.1) is 0 Å². The molecule has 0 aromatic rings. The van der Waals surface area contributed by atoms with E-state index in [1.165, 1.54) is 0 Å². The average Bonchev–Trinajstić information content (AvgIpc) is 2.86. The van der Waals surface area contributed by atoms with Gasteiger partial charge in [0.25, 0.3) is 0 Å². The molecular formula is C11H18O3. The van der Waals surface area contributed by atoms with E-state index >= 15 is 0 Å². The van der Waals surface area contributed by atoms with Crippen LogP contribution in [0.4, 0.5) is 0 Å². The number of hydrogen-bond donors (Lipinski definition) is 0. The Labute approximate surface area is 85.1 Å². The first-order chi connectivity index (χ1) is 6.59. The van der Waals surface area contributed by atoms with Crippen molar-refractivity contribution in [3.05, 3.63) is 12.2 Å². The van der Waals surface area contributed by atoms with Crippen molar-refractivity contribution in [2.24, 2.45) is 0 Å². The van der Waals surface area contributed by atoms with Gasteiger partial charge in [0.05, 0.1) is 0 Å².